The molecule has 0 unspecified atom stereocenters. The van der Waals surface area contributed by atoms with Crippen LogP contribution >= 0.6 is 23.2 Å². The van der Waals surface area contributed by atoms with E-state index in [2.05, 4.69) is 21.2 Å². The molecular weight excluding hydrogens is 403 g/mol. The van der Waals surface area contributed by atoms with E-state index in [4.69, 9.17) is 23.2 Å². The van der Waals surface area contributed by atoms with Gasteiger partial charge in [0.25, 0.3) is 0 Å². The number of nitrogens with zero attached hydrogens (tertiary/aromatic N) is 1. The third-order valence-corrected chi connectivity index (χ3v) is 4.19. The minimum absolute atomic E-state index is 0.0833. The molecule has 0 aliphatic heterocycles. The van der Waals surface area contributed by atoms with E-state index in [1.54, 1.807) is 37.3 Å². The van der Waals surface area contributed by atoms with Crippen LogP contribution in [0, 0.1) is 6.92 Å². The number of carbonyl (C=O) groups excluding carboxylic acids is 3. The van der Waals surface area contributed by atoms with Crippen molar-refractivity contribution in [2.24, 2.45) is 5.10 Å². The van der Waals surface area contributed by atoms with E-state index in [-0.39, 0.29) is 12.3 Å². The van der Waals surface area contributed by atoms with Gasteiger partial charge in [-0.3, -0.25) is 14.4 Å². The number of aryl methyl sites for hydroxylation is 1. The van der Waals surface area contributed by atoms with Crippen LogP contribution in [0.3, 0.4) is 0 Å². The van der Waals surface area contributed by atoms with E-state index in [0.717, 1.165) is 5.56 Å². The predicted octanol–water partition coefficient (Wildman–Crippen LogP) is 3.76. The first kappa shape index (κ1) is 21.4. The van der Waals surface area contributed by atoms with Crippen molar-refractivity contribution in [2.75, 3.05) is 10.6 Å². The lowest BCUT2D eigenvalue weighted by Gasteiger charge is -2.07. The number of halogens is 2. The van der Waals surface area contributed by atoms with Gasteiger partial charge in [-0.25, -0.2) is 5.43 Å². The van der Waals surface area contributed by atoms with E-state index < -0.39 is 11.8 Å². The van der Waals surface area contributed by atoms with Crippen molar-refractivity contribution in [3.05, 3.63) is 58.1 Å². The Labute approximate surface area is 172 Å². The highest BCUT2D eigenvalue weighted by atomic mass is 35.5. The van der Waals surface area contributed by atoms with Crippen LogP contribution in [0.1, 0.15) is 18.9 Å². The second-order valence-electron chi connectivity index (χ2n) is 5.97. The summed E-state index contributed by atoms with van der Waals surface area (Å²) in [7, 11) is 0. The van der Waals surface area contributed by atoms with Gasteiger partial charge in [-0.15, -0.1) is 0 Å². The number of hydrazone groups is 1. The van der Waals surface area contributed by atoms with E-state index in [9.17, 15) is 14.4 Å². The van der Waals surface area contributed by atoms with E-state index >= 15 is 0 Å². The van der Waals surface area contributed by atoms with Gasteiger partial charge in [-0.2, -0.15) is 5.10 Å². The van der Waals surface area contributed by atoms with Gasteiger partial charge in [0.15, 0.2) is 0 Å². The molecule has 9 heteroatoms. The Morgan fingerprint density at radius 2 is 1.64 bits per heavy atom. The summed E-state index contributed by atoms with van der Waals surface area (Å²) in [4.78, 5) is 35.7. The molecule has 0 bridgehead atoms. The lowest BCUT2D eigenvalue weighted by molar-refractivity contribution is -0.136. The molecule has 0 aromatic heterocycles. The molecule has 2 rings (SSSR count). The lowest BCUT2D eigenvalue weighted by atomic mass is 10.2. The monoisotopic (exact) mass is 420 g/mol. The van der Waals surface area contributed by atoms with Gasteiger partial charge < -0.3 is 10.6 Å². The summed E-state index contributed by atoms with van der Waals surface area (Å²) in [5.41, 5.74) is 4.36. The molecule has 0 saturated carbocycles. The van der Waals surface area contributed by atoms with Gasteiger partial charge >= 0.3 is 11.8 Å². The zero-order chi connectivity index (χ0) is 20.7. The highest BCUT2D eigenvalue weighted by molar-refractivity contribution is 6.42. The Bertz CT molecular complexity index is 945. The minimum Gasteiger partial charge on any atom is -0.326 e. The molecule has 0 aliphatic rings. The average Bonchev–Trinajstić information content (AvgIpc) is 2.62. The Morgan fingerprint density at radius 1 is 0.929 bits per heavy atom. The number of benzene rings is 2. The topological polar surface area (TPSA) is 99.7 Å². The minimum atomic E-state index is -0.939. The van der Waals surface area contributed by atoms with E-state index in [1.807, 2.05) is 13.0 Å². The summed E-state index contributed by atoms with van der Waals surface area (Å²) in [6.07, 6.45) is -0.0833. The van der Waals surface area contributed by atoms with Crippen molar-refractivity contribution < 1.29 is 14.4 Å². The van der Waals surface area contributed by atoms with Crippen LogP contribution in [0.25, 0.3) is 0 Å². The van der Waals surface area contributed by atoms with Crippen molar-refractivity contribution in [3.63, 3.8) is 0 Å². The summed E-state index contributed by atoms with van der Waals surface area (Å²) < 4.78 is 0. The highest BCUT2D eigenvalue weighted by Crippen LogP contribution is 2.25. The summed E-state index contributed by atoms with van der Waals surface area (Å²) in [5.74, 6) is -2.16. The number of hydrogen-bond donors (Lipinski definition) is 3. The van der Waals surface area contributed by atoms with Gasteiger partial charge in [0.05, 0.1) is 16.5 Å². The number of anilines is 2. The van der Waals surface area contributed by atoms with Crippen molar-refractivity contribution in [1.29, 1.82) is 0 Å². The molecular formula is C19H18Cl2N4O3. The largest absolute Gasteiger partial charge is 0.329 e. The Hall–Kier alpha value is -2.90. The maximum absolute atomic E-state index is 12.0. The van der Waals surface area contributed by atoms with Gasteiger partial charge in [-0.05, 0) is 49.7 Å². The lowest BCUT2D eigenvalue weighted by Crippen LogP contribution is -2.33. The molecule has 0 heterocycles. The molecule has 28 heavy (non-hydrogen) atoms. The van der Waals surface area contributed by atoms with Crippen LogP contribution in [0.5, 0.6) is 0 Å². The maximum atomic E-state index is 12.0. The number of hydrogen-bond acceptors (Lipinski definition) is 4. The third kappa shape index (κ3) is 6.68. The van der Waals surface area contributed by atoms with E-state index in [0.29, 0.717) is 27.1 Å². The van der Waals surface area contributed by atoms with Gasteiger partial charge in [-0.1, -0.05) is 35.3 Å². The summed E-state index contributed by atoms with van der Waals surface area (Å²) >= 11 is 11.7. The van der Waals surface area contributed by atoms with Crippen molar-refractivity contribution in [3.8, 4) is 0 Å². The first-order chi connectivity index (χ1) is 13.2. The van der Waals surface area contributed by atoms with Gasteiger partial charge in [0.2, 0.25) is 5.91 Å². The van der Waals surface area contributed by atoms with Crippen molar-refractivity contribution >= 4 is 58.0 Å². The molecule has 0 radical (unpaired) electrons. The molecule has 0 fully saturated rings. The second kappa shape index (κ2) is 9.87. The molecule has 0 atom stereocenters. The summed E-state index contributed by atoms with van der Waals surface area (Å²) in [5, 5.41) is 9.56. The van der Waals surface area contributed by atoms with Crippen LogP contribution in [0.15, 0.2) is 47.6 Å². The first-order valence-electron chi connectivity index (χ1n) is 8.20. The molecule has 146 valence electrons. The molecule has 0 saturated heterocycles. The standard InChI is InChI=1S/C19H18Cl2N4O3/c1-11-4-3-5-13(8-11)23-18(27)19(28)25-24-12(2)9-17(26)22-14-6-7-15(20)16(21)10-14/h3-8,10H,9H2,1-2H3,(H,22,26)(H,23,27)(H,25,28)/b24-12+. The van der Waals surface area contributed by atoms with Gasteiger partial charge in [0, 0.05) is 17.1 Å². The summed E-state index contributed by atoms with van der Waals surface area (Å²) in [6.45, 7) is 3.42. The number of rotatable bonds is 5. The van der Waals surface area contributed by atoms with Crippen LogP contribution in [-0.4, -0.2) is 23.4 Å². The molecule has 2 aromatic carbocycles. The quantitative estimate of drug-likeness (QED) is 0.389. The zero-order valence-corrected chi connectivity index (χ0v) is 16.7. The van der Waals surface area contributed by atoms with Crippen molar-refractivity contribution in [2.45, 2.75) is 20.3 Å². The maximum Gasteiger partial charge on any atom is 0.329 e. The number of nitrogens with one attached hydrogen (secondary N) is 3. The molecule has 0 aliphatic carbocycles. The Balaban J connectivity index is 1.85. The fourth-order valence-corrected chi connectivity index (χ4v) is 2.46. The average molecular weight is 421 g/mol. The Kier molecular flexibility index (Phi) is 7.54. The molecule has 7 nitrogen and oxygen atoms in total. The third-order valence-electron chi connectivity index (χ3n) is 3.45. The second-order valence-corrected chi connectivity index (χ2v) is 6.78. The fraction of sp³-hybridized carbons (Fsp3) is 0.158. The first-order valence-corrected chi connectivity index (χ1v) is 8.96. The van der Waals surface area contributed by atoms with Crippen LogP contribution < -0.4 is 16.1 Å². The van der Waals surface area contributed by atoms with Crippen LogP contribution in [0.2, 0.25) is 10.0 Å². The SMILES string of the molecule is C/C(CC(=O)Nc1ccc(Cl)c(Cl)c1)=N\NC(=O)C(=O)Nc1cccc(C)c1. The normalized spacial score (nSPS) is 10.9. The Morgan fingerprint density at radius 3 is 2.32 bits per heavy atom. The van der Waals surface area contributed by atoms with E-state index in [1.165, 1.54) is 6.07 Å². The molecule has 3 amide bonds. The summed E-state index contributed by atoms with van der Waals surface area (Å²) in [6, 6.07) is 11.7. The smallest absolute Gasteiger partial charge is 0.326 e. The predicted molar refractivity (Wildman–Crippen MR) is 111 cm³/mol. The number of amides is 3. The van der Waals surface area contributed by atoms with Crippen molar-refractivity contribution in [1.82, 2.24) is 5.43 Å². The van der Waals surface area contributed by atoms with Gasteiger partial charge in [0.1, 0.15) is 0 Å². The number of carbonyl (C=O) groups is 3. The highest BCUT2D eigenvalue weighted by Gasteiger charge is 2.14. The van der Waals surface area contributed by atoms with Crippen LogP contribution in [0.4, 0.5) is 11.4 Å². The fourth-order valence-electron chi connectivity index (χ4n) is 2.16. The molecule has 3 N–H and O–H groups in total. The van der Waals surface area contributed by atoms with Crippen LogP contribution in [-0.2, 0) is 14.4 Å². The molecule has 2 aromatic rings. The molecule has 0 spiro atoms. The zero-order valence-electron chi connectivity index (χ0n) is 15.2.